The first-order chi connectivity index (χ1) is 4.33. The number of nitrogens with zero attached hydrogens (tertiary/aromatic N) is 1. The molecule has 48 valence electrons. The molecule has 9 heavy (non-hydrogen) atoms. The van der Waals surface area contributed by atoms with Gasteiger partial charge in [-0.1, -0.05) is 0 Å². The molecule has 0 spiro atoms. The maximum atomic E-state index is 4.85. The van der Waals surface area contributed by atoms with E-state index in [1.807, 2.05) is 12.1 Å². The smallest absolute Gasteiger partial charge is 0.212 e. The van der Waals surface area contributed by atoms with E-state index in [0.717, 1.165) is 5.30 Å². The van der Waals surface area contributed by atoms with Gasteiger partial charge in [-0.05, 0) is 11.4 Å². The molecule has 0 aliphatic rings. The molecule has 1 rings (SSSR count). The number of methoxy groups -OCH3 is 1. The zero-order valence-electron chi connectivity index (χ0n) is 5.16. The highest BCUT2D eigenvalue weighted by atomic mass is 31.0. The predicted octanol–water partition coefficient (Wildman–Crippen LogP) is 0.591. The van der Waals surface area contributed by atoms with Crippen LogP contribution in [0.1, 0.15) is 0 Å². The molecule has 0 aliphatic heterocycles. The molecular weight excluding hydrogens is 133 g/mol. The standard InChI is InChI=1S/C6H8NOP/c1-8-6-3-2-5(9)4-7-6/h2-4H,9H2,1H3. The number of hydrogen-bond donors (Lipinski definition) is 0. The van der Waals surface area contributed by atoms with Gasteiger partial charge in [0.15, 0.2) is 0 Å². The summed E-state index contributed by atoms with van der Waals surface area (Å²) in [6.45, 7) is 0. The average molecular weight is 141 g/mol. The third-order valence-electron chi connectivity index (χ3n) is 0.968. The summed E-state index contributed by atoms with van der Waals surface area (Å²) in [6, 6.07) is 3.75. The molecule has 0 fully saturated rings. The van der Waals surface area contributed by atoms with Crippen molar-refractivity contribution in [3.8, 4) is 5.88 Å². The lowest BCUT2D eigenvalue weighted by Gasteiger charge is -1.95. The lowest BCUT2D eigenvalue weighted by molar-refractivity contribution is 0.398. The molecule has 3 heteroatoms. The van der Waals surface area contributed by atoms with Crippen molar-refractivity contribution >= 4 is 14.5 Å². The SMILES string of the molecule is COc1ccc(P)cn1. The van der Waals surface area contributed by atoms with Crippen molar-refractivity contribution in [1.29, 1.82) is 0 Å². The maximum absolute atomic E-state index is 4.85. The number of ether oxygens (including phenoxy) is 1. The summed E-state index contributed by atoms with van der Waals surface area (Å²) in [5.41, 5.74) is 0. The van der Waals surface area contributed by atoms with Gasteiger partial charge in [0.05, 0.1) is 7.11 Å². The van der Waals surface area contributed by atoms with Gasteiger partial charge in [-0.15, -0.1) is 9.24 Å². The molecule has 0 aliphatic carbocycles. The number of rotatable bonds is 1. The minimum atomic E-state index is 0.654. The summed E-state index contributed by atoms with van der Waals surface area (Å²) < 4.78 is 4.85. The van der Waals surface area contributed by atoms with Crippen LogP contribution in [0.3, 0.4) is 0 Å². The van der Waals surface area contributed by atoms with E-state index in [2.05, 4.69) is 14.2 Å². The molecule has 0 N–H and O–H groups in total. The van der Waals surface area contributed by atoms with Crippen LogP contribution in [0, 0.1) is 0 Å². The summed E-state index contributed by atoms with van der Waals surface area (Å²) >= 11 is 0. The van der Waals surface area contributed by atoms with Gasteiger partial charge < -0.3 is 4.74 Å². The zero-order chi connectivity index (χ0) is 6.69. The highest BCUT2D eigenvalue weighted by Crippen LogP contribution is 2.00. The Balaban J connectivity index is 2.88. The fourth-order valence-electron chi connectivity index (χ4n) is 0.512. The zero-order valence-corrected chi connectivity index (χ0v) is 6.32. The molecule has 1 aromatic rings. The molecule has 0 saturated carbocycles. The van der Waals surface area contributed by atoms with Crippen LogP contribution in [-0.4, -0.2) is 12.1 Å². The van der Waals surface area contributed by atoms with Crippen LogP contribution in [0.5, 0.6) is 5.88 Å². The summed E-state index contributed by atoms with van der Waals surface area (Å²) in [5.74, 6) is 0.654. The molecule has 0 amide bonds. The van der Waals surface area contributed by atoms with E-state index in [-0.39, 0.29) is 0 Å². The molecule has 1 heterocycles. The van der Waals surface area contributed by atoms with Crippen LogP contribution in [-0.2, 0) is 0 Å². The Hall–Kier alpha value is -0.620. The highest BCUT2D eigenvalue weighted by Gasteiger charge is 1.87. The van der Waals surface area contributed by atoms with Crippen molar-refractivity contribution in [3.05, 3.63) is 18.3 Å². The fourth-order valence-corrected chi connectivity index (χ4v) is 0.683. The normalized spacial score (nSPS) is 9.11. The van der Waals surface area contributed by atoms with Crippen LogP contribution in [0.15, 0.2) is 18.3 Å². The van der Waals surface area contributed by atoms with Gasteiger partial charge >= 0.3 is 0 Å². The minimum Gasteiger partial charge on any atom is -0.481 e. The molecule has 0 aromatic carbocycles. The topological polar surface area (TPSA) is 22.1 Å². The summed E-state index contributed by atoms with van der Waals surface area (Å²) in [4.78, 5) is 3.95. The van der Waals surface area contributed by atoms with Crippen molar-refractivity contribution in [1.82, 2.24) is 4.98 Å². The molecule has 0 saturated heterocycles. The largest absolute Gasteiger partial charge is 0.481 e. The second-order valence-electron chi connectivity index (χ2n) is 1.63. The molecule has 0 radical (unpaired) electrons. The monoisotopic (exact) mass is 141 g/mol. The predicted molar refractivity (Wildman–Crippen MR) is 40.1 cm³/mol. The van der Waals surface area contributed by atoms with Crippen molar-refractivity contribution in [2.45, 2.75) is 0 Å². The van der Waals surface area contributed by atoms with Crippen LogP contribution in [0.4, 0.5) is 0 Å². The van der Waals surface area contributed by atoms with E-state index in [4.69, 9.17) is 4.74 Å². The Morgan fingerprint density at radius 3 is 2.78 bits per heavy atom. The number of aromatic nitrogens is 1. The lowest BCUT2D eigenvalue weighted by Crippen LogP contribution is -1.93. The van der Waals surface area contributed by atoms with Crippen LogP contribution in [0.25, 0.3) is 0 Å². The molecule has 0 bridgehead atoms. The molecule has 1 unspecified atom stereocenters. The van der Waals surface area contributed by atoms with E-state index in [1.165, 1.54) is 0 Å². The van der Waals surface area contributed by atoms with E-state index < -0.39 is 0 Å². The van der Waals surface area contributed by atoms with Gasteiger partial charge in [-0.25, -0.2) is 4.98 Å². The number of pyridine rings is 1. The van der Waals surface area contributed by atoms with Crippen molar-refractivity contribution < 1.29 is 4.74 Å². The Kier molecular flexibility index (Phi) is 2.01. The minimum absolute atomic E-state index is 0.654. The van der Waals surface area contributed by atoms with Gasteiger partial charge in [-0.3, -0.25) is 0 Å². The Morgan fingerprint density at radius 2 is 2.33 bits per heavy atom. The summed E-state index contributed by atoms with van der Waals surface area (Å²) in [6.07, 6.45) is 1.74. The Bertz CT molecular complexity index is 185. The second-order valence-corrected chi connectivity index (χ2v) is 2.30. The summed E-state index contributed by atoms with van der Waals surface area (Å²) in [5, 5.41) is 1.07. The average Bonchev–Trinajstić information content (AvgIpc) is 1.90. The van der Waals surface area contributed by atoms with E-state index >= 15 is 0 Å². The van der Waals surface area contributed by atoms with Gasteiger partial charge in [-0.2, -0.15) is 0 Å². The van der Waals surface area contributed by atoms with Gasteiger partial charge in [0.25, 0.3) is 0 Å². The Labute approximate surface area is 56.5 Å². The third-order valence-corrected chi connectivity index (χ3v) is 1.31. The Morgan fingerprint density at radius 1 is 1.56 bits per heavy atom. The highest BCUT2D eigenvalue weighted by molar-refractivity contribution is 7.27. The first-order valence-corrected chi connectivity index (χ1v) is 3.16. The van der Waals surface area contributed by atoms with Crippen molar-refractivity contribution in [2.24, 2.45) is 0 Å². The van der Waals surface area contributed by atoms with Gasteiger partial charge in [0, 0.05) is 12.3 Å². The van der Waals surface area contributed by atoms with Crippen LogP contribution < -0.4 is 10.0 Å². The van der Waals surface area contributed by atoms with Crippen LogP contribution >= 0.6 is 9.24 Å². The first-order valence-electron chi connectivity index (χ1n) is 2.58. The quantitative estimate of drug-likeness (QED) is 0.534. The lowest BCUT2D eigenvalue weighted by atomic mass is 10.5. The van der Waals surface area contributed by atoms with Crippen molar-refractivity contribution in [2.75, 3.05) is 7.11 Å². The first kappa shape index (κ1) is 6.50. The van der Waals surface area contributed by atoms with Gasteiger partial charge in [0.1, 0.15) is 0 Å². The van der Waals surface area contributed by atoms with E-state index in [0.29, 0.717) is 5.88 Å². The second kappa shape index (κ2) is 2.79. The fraction of sp³-hybridized carbons (Fsp3) is 0.167. The molecular formula is C6H8NOP. The number of hydrogen-bond acceptors (Lipinski definition) is 2. The van der Waals surface area contributed by atoms with Crippen molar-refractivity contribution in [3.63, 3.8) is 0 Å². The molecule has 1 aromatic heterocycles. The third kappa shape index (κ3) is 1.65. The maximum Gasteiger partial charge on any atom is 0.212 e. The molecule has 1 atom stereocenters. The van der Waals surface area contributed by atoms with E-state index in [1.54, 1.807) is 13.3 Å². The van der Waals surface area contributed by atoms with Gasteiger partial charge in [0.2, 0.25) is 5.88 Å². The summed E-state index contributed by atoms with van der Waals surface area (Å²) in [7, 11) is 4.16. The molecule has 2 nitrogen and oxygen atoms in total. The van der Waals surface area contributed by atoms with E-state index in [9.17, 15) is 0 Å². The van der Waals surface area contributed by atoms with Crippen LogP contribution in [0.2, 0.25) is 0 Å².